The minimum absolute atomic E-state index is 0.000725. The standard InChI is InChI=1S/C20H14ClNO5/c21-16-3-1-2-15(12-16)20(23)26-13-14-4-8-18(9-5-14)27-19-10-6-17(7-11-19)22(24)25/h1-12H,13H2. The predicted molar refractivity (Wildman–Crippen MR) is 100 cm³/mol. The van der Waals surface area contributed by atoms with Crippen LogP contribution in [0.3, 0.4) is 0 Å². The van der Waals surface area contributed by atoms with Crippen LogP contribution in [-0.4, -0.2) is 10.9 Å². The molecule has 3 rings (SSSR count). The van der Waals surface area contributed by atoms with E-state index < -0.39 is 10.9 Å². The summed E-state index contributed by atoms with van der Waals surface area (Å²) in [5, 5.41) is 11.1. The number of nitro benzene ring substituents is 1. The highest BCUT2D eigenvalue weighted by molar-refractivity contribution is 6.30. The Hall–Kier alpha value is -3.38. The summed E-state index contributed by atoms with van der Waals surface area (Å²) >= 11 is 5.86. The molecule has 0 fully saturated rings. The molecule has 0 amide bonds. The van der Waals surface area contributed by atoms with Gasteiger partial charge in [-0.3, -0.25) is 10.1 Å². The maximum absolute atomic E-state index is 12.0. The molecule has 0 radical (unpaired) electrons. The molecule has 0 atom stereocenters. The summed E-state index contributed by atoms with van der Waals surface area (Å²) in [6.45, 7) is 0.114. The van der Waals surface area contributed by atoms with Gasteiger partial charge in [0, 0.05) is 17.2 Å². The van der Waals surface area contributed by atoms with Crippen molar-refractivity contribution in [3.63, 3.8) is 0 Å². The molecule has 3 aromatic carbocycles. The quantitative estimate of drug-likeness (QED) is 0.323. The van der Waals surface area contributed by atoms with E-state index in [0.717, 1.165) is 5.56 Å². The summed E-state index contributed by atoms with van der Waals surface area (Å²) in [5.41, 5.74) is 1.18. The van der Waals surface area contributed by atoms with E-state index in [4.69, 9.17) is 21.1 Å². The number of benzene rings is 3. The van der Waals surface area contributed by atoms with Crippen LogP contribution in [0.4, 0.5) is 5.69 Å². The van der Waals surface area contributed by atoms with E-state index in [0.29, 0.717) is 22.1 Å². The van der Waals surface area contributed by atoms with Crippen LogP contribution in [0, 0.1) is 10.1 Å². The number of halogens is 1. The number of ether oxygens (including phenoxy) is 2. The van der Waals surface area contributed by atoms with E-state index in [9.17, 15) is 14.9 Å². The maximum atomic E-state index is 12.0. The third kappa shape index (κ3) is 5.05. The van der Waals surface area contributed by atoms with Crippen molar-refractivity contribution in [2.75, 3.05) is 0 Å². The Morgan fingerprint density at radius 3 is 2.19 bits per heavy atom. The smallest absolute Gasteiger partial charge is 0.338 e. The minimum Gasteiger partial charge on any atom is -0.457 e. The predicted octanol–water partition coefficient (Wildman–Crippen LogP) is 5.40. The van der Waals surface area contributed by atoms with Gasteiger partial charge in [-0.2, -0.15) is 0 Å². The number of nitrogens with zero attached hydrogens (tertiary/aromatic N) is 1. The molecule has 0 aliphatic carbocycles. The van der Waals surface area contributed by atoms with Crippen LogP contribution in [0.5, 0.6) is 11.5 Å². The van der Waals surface area contributed by atoms with Crippen molar-refractivity contribution >= 4 is 23.3 Å². The minimum atomic E-state index is -0.469. The first-order chi connectivity index (χ1) is 13.0. The molecule has 0 saturated carbocycles. The van der Waals surface area contributed by atoms with E-state index in [1.54, 1.807) is 48.5 Å². The summed E-state index contributed by atoms with van der Waals surface area (Å²) in [7, 11) is 0. The zero-order valence-electron chi connectivity index (χ0n) is 14.0. The number of carbonyl (C=O) groups excluding carboxylic acids is 1. The van der Waals surface area contributed by atoms with Gasteiger partial charge in [0.25, 0.3) is 5.69 Å². The van der Waals surface area contributed by atoms with Crippen molar-refractivity contribution in [1.29, 1.82) is 0 Å². The molecule has 6 nitrogen and oxygen atoms in total. The molecule has 27 heavy (non-hydrogen) atoms. The number of non-ortho nitro benzene ring substituents is 1. The van der Waals surface area contributed by atoms with Crippen molar-refractivity contribution in [2.24, 2.45) is 0 Å². The summed E-state index contributed by atoms with van der Waals surface area (Å²) in [4.78, 5) is 22.2. The average molecular weight is 384 g/mol. The largest absolute Gasteiger partial charge is 0.457 e. The Bertz CT molecular complexity index is 955. The van der Waals surface area contributed by atoms with E-state index in [2.05, 4.69) is 0 Å². The first-order valence-corrected chi connectivity index (χ1v) is 8.33. The Morgan fingerprint density at radius 1 is 0.963 bits per heavy atom. The molecule has 0 bridgehead atoms. The summed E-state index contributed by atoms with van der Waals surface area (Å²) < 4.78 is 10.9. The van der Waals surface area contributed by atoms with Gasteiger partial charge in [-0.15, -0.1) is 0 Å². The lowest BCUT2D eigenvalue weighted by Gasteiger charge is -2.08. The van der Waals surface area contributed by atoms with Gasteiger partial charge in [0.2, 0.25) is 0 Å². The van der Waals surface area contributed by atoms with E-state index in [1.165, 1.54) is 24.3 Å². The normalized spacial score (nSPS) is 10.3. The van der Waals surface area contributed by atoms with E-state index in [-0.39, 0.29) is 12.3 Å². The Kier molecular flexibility index (Phi) is 5.68. The van der Waals surface area contributed by atoms with Gasteiger partial charge in [0.05, 0.1) is 10.5 Å². The van der Waals surface area contributed by atoms with Crippen molar-refractivity contribution in [3.05, 3.63) is 99.1 Å². The number of carbonyl (C=O) groups is 1. The van der Waals surface area contributed by atoms with Crippen LogP contribution in [0.15, 0.2) is 72.8 Å². The molecule has 0 heterocycles. The second-order valence-corrected chi connectivity index (χ2v) is 6.02. The number of hydrogen-bond acceptors (Lipinski definition) is 5. The Morgan fingerprint density at radius 2 is 1.59 bits per heavy atom. The van der Waals surface area contributed by atoms with Gasteiger partial charge in [-0.05, 0) is 48.0 Å². The topological polar surface area (TPSA) is 78.7 Å². The third-order valence-corrected chi connectivity index (χ3v) is 3.87. The molecule has 0 saturated heterocycles. The highest BCUT2D eigenvalue weighted by Gasteiger charge is 2.08. The maximum Gasteiger partial charge on any atom is 0.338 e. The third-order valence-electron chi connectivity index (χ3n) is 3.64. The molecular weight excluding hydrogens is 370 g/mol. The molecule has 0 spiro atoms. The summed E-state index contributed by atoms with van der Waals surface area (Å²) in [6.07, 6.45) is 0. The van der Waals surface area contributed by atoms with Gasteiger partial charge in [0.1, 0.15) is 18.1 Å². The Balaban J connectivity index is 1.57. The van der Waals surface area contributed by atoms with Crippen LogP contribution in [0.1, 0.15) is 15.9 Å². The van der Waals surface area contributed by atoms with Crippen molar-refractivity contribution in [1.82, 2.24) is 0 Å². The van der Waals surface area contributed by atoms with Gasteiger partial charge < -0.3 is 9.47 Å². The van der Waals surface area contributed by atoms with E-state index in [1.807, 2.05) is 0 Å². The van der Waals surface area contributed by atoms with E-state index >= 15 is 0 Å². The second-order valence-electron chi connectivity index (χ2n) is 5.58. The Labute approximate surface area is 160 Å². The first-order valence-electron chi connectivity index (χ1n) is 7.95. The first kappa shape index (κ1) is 18.4. The van der Waals surface area contributed by atoms with Crippen molar-refractivity contribution < 1.29 is 19.2 Å². The summed E-state index contributed by atoms with van der Waals surface area (Å²) in [5.74, 6) is 0.596. The monoisotopic (exact) mass is 383 g/mol. The van der Waals surface area contributed by atoms with Crippen LogP contribution in [0.2, 0.25) is 5.02 Å². The molecule has 7 heteroatoms. The SMILES string of the molecule is O=C(OCc1ccc(Oc2ccc([N+](=O)[O-])cc2)cc1)c1cccc(Cl)c1. The highest BCUT2D eigenvalue weighted by atomic mass is 35.5. The lowest BCUT2D eigenvalue weighted by Crippen LogP contribution is -2.05. The zero-order valence-corrected chi connectivity index (χ0v) is 14.8. The molecule has 136 valence electrons. The van der Waals surface area contributed by atoms with Crippen molar-refractivity contribution in [3.8, 4) is 11.5 Å². The molecule has 0 aliphatic heterocycles. The van der Waals surface area contributed by atoms with Crippen LogP contribution in [0.25, 0.3) is 0 Å². The molecule has 3 aromatic rings. The molecule has 0 N–H and O–H groups in total. The number of esters is 1. The number of nitro groups is 1. The highest BCUT2D eigenvalue weighted by Crippen LogP contribution is 2.24. The fraction of sp³-hybridized carbons (Fsp3) is 0.0500. The van der Waals surface area contributed by atoms with Crippen LogP contribution >= 0.6 is 11.6 Å². The van der Waals surface area contributed by atoms with Gasteiger partial charge >= 0.3 is 5.97 Å². The molecular formula is C20H14ClNO5. The fourth-order valence-corrected chi connectivity index (χ4v) is 2.46. The van der Waals surface area contributed by atoms with Crippen LogP contribution in [-0.2, 0) is 11.3 Å². The van der Waals surface area contributed by atoms with Gasteiger partial charge in [-0.1, -0.05) is 29.8 Å². The lowest BCUT2D eigenvalue weighted by atomic mass is 10.2. The fourth-order valence-electron chi connectivity index (χ4n) is 2.27. The zero-order chi connectivity index (χ0) is 19.2. The summed E-state index contributed by atoms with van der Waals surface area (Å²) in [6, 6.07) is 19.3. The van der Waals surface area contributed by atoms with Crippen molar-refractivity contribution in [2.45, 2.75) is 6.61 Å². The molecule has 0 unspecified atom stereocenters. The number of hydrogen-bond donors (Lipinski definition) is 0. The number of rotatable bonds is 6. The lowest BCUT2D eigenvalue weighted by molar-refractivity contribution is -0.384. The van der Waals surface area contributed by atoms with Gasteiger partial charge in [0.15, 0.2) is 0 Å². The molecule has 0 aromatic heterocycles. The second kappa shape index (κ2) is 8.33. The molecule has 0 aliphatic rings. The average Bonchev–Trinajstić information content (AvgIpc) is 2.67. The van der Waals surface area contributed by atoms with Crippen LogP contribution < -0.4 is 4.74 Å². The van der Waals surface area contributed by atoms with Gasteiger partial charge in [-0.25, -0.2) is 4.79 Å².